The standard InChI is InChI=1S/C8H19ClOSi2/c1-11(2)6-5-8(7-9)10-12(11,3)4/h8H,5-7H2,1-4H3. The molecule has 1 nitrogen and oxygen atoms in total. The minimum atomic E-state index is -1.35. The Morgan fingerprint density at radius 2 is 1.92 bits per heavy atom. The molecule has 1 aliphatic rings. The third-order valence-electron chi connectivity index (χ3n) is 3.35. The van der Waals surface area contributed by atoms with Crippen molar-refractivity contribution in [3.8, 4) is 0 Å². The summed E-state index contributed by atoms with van der Waals surface area (Å²) < 4.78 is 6.11. The summed E-state index contributed by atoms with van der Waals surface area (Å²) in [6.07, 6.45) is 1.55. The second kappa shape index (κ2) is 3.44. The fourth-order valence-electron chi connectivity index (χ4n) is 1.57. The molecular weight excluding hydrogens is 204 g/mol. The molecule has 4 heteroatoms. The molecule has 72 valence electrons. The van der Waals surface area contributed by atoms with Gasteiger partial charge in [0.15, 0.2) is 7.83 Å². The molecule has 1 heterocycles. The molecule has 0 radical (unpaired) electrons. The number of halogens is 1. The zero-order chi connectivity index (χ0) is 9.41. The minimum absolute atomic E-state index is 0.355. The van der Waals surface area contributed by atoms with E-state index in [0.29, 0.717) is 12.0 Å². The van der Waals surface area contributed by atoms with E-state index in [1.165, 1.54) is 12.5 Å². The van der Waals surface area contributed by atoms with Crippen LogP contribution in [0.2, 0.25) is 32.2 Å². The largest absolute Gasteiger partial charge is 0.416 e. The van der Waals surface area contributed by atoms with Crippen molar-refractivity contribution in [2.75, 3.05) is 5.88 Å². The molecule has 0 N–H and O–H groups in total. The topological polar surface area (TPSA) is 9.23 Å². The van der Waals surface area contributed by atoms with Crippen LogP contribution in [0.3, 0.4) is 0 Å². The molecular formula is C8H19ClOSi2. The van der Waals surface area contributed by atoms with E-state index >= 15 is 0 Å². The Morgan fingerprint density at radius 1 is 1.33 bits per heavy atom. The van der Waals surface area contributed by atoms with Crippen LogP contribution >= 0.6 is 11.6 Å². The van der Waals surface area contributed by atoms with Crippen LogP contribution in [0.25, 0.3) is 0 Å². The first-order valence-electron chi connectivity index (χ1n) is 4.63. The quantitative estimate of drug-likeness (QED) is 0.490. The summed E-state index contributed by atoms with van der Waals surface area (Å²) in [5, 5.41) is 0. The van der Waals surface area contributed by atoms with Crippen LogP contribution in [-0.2, 0) is 4.43 Å². The van der Waals surface area contributed by atoms with E-state index in [9.17, 15) is 0 Å². The van der Waals surface area contributed by atoms with Crippen molar-refractivity contribution in [3.63, 3.8) is 0 Å². The van der Waals surface area contributed by atoms with Gasteiger partial charge in [-0.3, -0.25) is 0 Å². The molecule has 1 rings (SSSR count). The molecule has 1 unspecified atom stereocenters. The third kappa shape index (κ3) is 1.95. The minimum Gasteiger partial charge on any atom is -0.416 e. The van der Waals surface area contributed by atoms with Crippen molar-refractivity contribution in [1.82, 2.24) is 0 Å². The summed E-state index contributed by atoms with van der Waals surface area (Å²) in [4.78, 5) is 0. The Morgan fingerprint density at radius 3 is 2.33 bits per heavy atom. The number of rotatable bonds is 1. The van der Waals surface area contributed by atoms with Crippen molar-refractivity contribution >= 4 is 27.0 Å². The van der Waals surface area contributed by atoms with Crippen molar-refractivity contribution in [3.05, 3.63) is 0 Å². The number of hydrogen-bond donors (Lipinski definition) is 0. The van der Waals surface area contributed by atoms with Crippen molar-refractivity contribution in [2.45, 2.75) is 44.8 Å². The molecule has 0 aromatic rings. The second-order valence-corrected chi connectivity index (χ2v) is 20.3. The van der Waals surface area contributed by atoms with Crippen LogP contribution in [0.1, 0.15) is 6.42 Å². The molecule has 0 spiro atoms. The van der Waals surface area contributed by atoms with Crippen LogP contribution < -0.4 is 0 Å². The monoisotopic (exact) mass is 222 g/mol. The fraction of sp³-hybridized carbons (Fsp3) is 1.00. The summed E-state index contributed by atoms with van der Waals surface area (Å²) in [5.41, 5.74) is 0. The van der Waals surface area contributed by atoms with Gasteiger partial charge in [-0.05, 0) is 19.5 Å². The van der Waals surface area contributed by atoms with Crippen LogP contribution in [0.15, 0.2) is 0 Å². The fourth-order valence-corrected chi connectivity index (χ4v) is 8.59. The molecule has 1 saturated heterocycles. The van der Waals surface area contributed by atoms with E-state index in [1.807, 2.05) is 0 Å². The van der Waals surface area contributed by atoms with Crippen LogP contribution in [0, 0.1) is 0 Å². The van der Waals surface area contributed by atoms with Crippen LogP contribution in [0.5, 0.6) is 0 Å². The van der Waals surface area contributed by atoms with Gasteiger partial charge in [0.05, 0.1) is 13.7 Å². The highest BCUT2D eigenvalue weighted by Gasteiger charge is 2.47. The lowest BCUT2D eigenvalue weighted by atomic mass is 10.3. The van der Waals surface area contributed by atoms with E-state index in [2.05, 4.69) is 26.2 Å². The summed E-state index contributed by atoms with van der Waals surface area (Å²) in [7, 11) is -2.37. The van der Waals surface area contributed by atoms with Gasteiger partial charge in [-0.25, -0.2) is 0 Å². The lowest BCUT2D eigenvalue weighted by Gasteiger charge is -2.45. The maximum atomic E-state index is 6.11. The number of hydrogen-bond acceptors (Lipinski definition) is 1. The Balaban J connectivity index is 2.68. The Kier molecular flexibility index (Phi) is 3.09. The van der Waals surface area contributed by atoms with Gasteiger partial charge in [0, 0.05) is 5.88 Å². The SMILES string of the molecule is C[Si]1(C)CCC(CCl)O[Si]1(C)C. The highest BCUT2D eigenvalue weighted by Crippen LogP contribution is 2.33. The smallest absolute Gasteiger partial charge is 0.174 e. The summed E-state index contributed by atoms with van der Waals surface area (Å²) in [6.45, 7) is 9.64. The van der Waals surface area contributed by atoms with E-state index in [1.54, 1.807) is 0 Å². The summed E-state index contributed by atoms with van der Waals surface area (Å²) in [6, 6.07) is 1.41. The van der Waals surface area contributed by atoms with Gasteiger partial charge in [0.2, 0.25) is 0 Å². The van der Waals surface area contributed by atoms with Gasteiger partial charge in [-0.1, -0.05) is 19.1 Å². The van der Waals surface area contributed by atoms with E-state index in [-0.39, 0.29) is 0 Å². The van der Waals surface area contributed by atoms with Gasteiger partial charge >= 0.3 is 0 Å². The molecule has 0 aliphatic carbocycles. The molecule has 0 amide bonds. The maximum absolute atomic E-state index is 6.11. The zero-order valence-electron chi connectivity index (χ0n) is 8.48. The van der Waals surface area contributed by atoms with Crippen LogP contribution in [-0.4, -0.2) is 27.4 Å². The predicted molar refractivity (Wildman–Crippen MR) is 60.0 cm³/mol. The van der Waals surface area contributed by atoms with Gasteiger partial charge in [-0.2, -0.15) is 0 Å². The van der Waals surface area contributed by atoms with Gasteiger partial charge in [-0.15, -0.1) is 11.6 Å². The zero-order valence-corrected chi connectivity index (χ0v) is 11.2. The predicted octanol–water partition coefficient (Wildman–Crippen LogP) is 3.01. The van der Waals surface area contributed by atoms with Crippen molar-refractivity contribution in [1.29, 1.82) is 0 Å². The molecule has 0 aromatic heterocycles. The lowest BCUT2D eigenvalue weighted by molar-refractivity contribution is 0.209. The molecule has 0 bridgehead atoms. The molecule has 0 saturated carbocycles. The Hall–Kier alpha value is 0.684. The van der Waals surface area contributed by atoms with Gasteiger partial charge in [0.1, 0.15) is 0 Å². The first kappa shape index (κ1) is 10.8. The highest BCUT2D eigenvalue weighted by molar-refractivity contribution is 7.38. The normalized spacial score (nSPS) is 33.2. The Labute approximate surface area is 82.4 Å². The molecule has 0 aromatic carbocycles. The van der Waals surface area contributed by atoms with Gasteiger partial charge < -0.3 is 4.43 Å². The first-order valence-corrected chi connectivity index (χ1v) is 12.3. The molecule has 1 fully saturated rings. The maximum Gasteiger partial charge on any atom is 0.174 e. The number of alkyl halides is 1. The summed E-state index contributed by atoms with van der Waals surface area (Å²) in [5.74, 6) is 0.681. The van der Waals surface area contributed by atoms with E-state index in [4.69, 9.17) is 16.0 Å². The molecule has 1 aliphatic heterocycles. The third-order valence-corrected chi connectivity index (χ3v) is 20.3. The highest BCUT2D eigenvalue weighted by atomic mass is 35.5. The van der Waals surface area contributed by atoms with Crippen molar-refractivity contribution in [2.24, 2.45) is 0 Å². The van der Waals surface area contributed by atoms with Gasteiger partial charge in [0.25, 0.3) is 0 Å². The average Bonchev–Trinajstić information content (AvgIpc) is 1.95. The summed E-state index contributed by atoms with van der Waals surface area (Å²) >= 11 is 5.81. The lowest BCUT2D eigenvalue weighted by Crippen LogP contribution is -2.61. The van der Waals surface area contributed by atoms with Crippen molar-refractivity contribution < 1.29 is 4.43 Å². The second-order valence-electron chi connectivity index (χ2n) is 4.83. The molecule has 1 atom stereocenters. The first-order chi connectivity index (χ1) is 5.39. The van der Waals surface area contributed by atoms with Crippen LogP contribution in [0.4, 0.5) is 0 Å². The van der Waals surface area contributed by atoms with E-state index in [0.717, 1.165) is 0 Å². The Bertz CT molecular complexity index is 170. The molecule has 12 heavy (non-hydrogen) atoms. The average molecular weight is 223 g/mol. The van der Waals surface area contributed by atoms with E-state index < -0.39 is 15.4 Å².